The van der Waals surface area contributed by atoms with E-state index in [1.54, 1.807) is 16.7 Å². The Morgan fingerprint density at radius 3 is 2.65 bits per heavy atom. The molecule has 0 aromatic rings. The summed E-state index contributed by atoms with van der Waals surface area (Å²) in [6, 6.07) is -0.465. The van der Waals surface area contributed by atoms with E-state index in [-0.39, 0.29) is 0 Å². The quantitative estimate of drug-likeness (QED) is 0.696. The zero-order valence-corrected chi connectivity index (χ0v) is 10.0. The molecule has 17 heavy (non-hydrogen) atoms. The Hall–Kier alpha value is -1.50. The molecule has 1 aliphatic heterocycles. The second-order valence-electron chi connectivity index (χ2n) is 3.42. The second-order valence-corrected chi connectivity index (χ2v) is 4.64. The normalized spacial score (nSPS) is 16.6. The number of thioether (sulfide) groups is 1. The highest BCUT2D eigenvalue weighted by atomic mass is 32.2. The maximum Gasteiger partial charge on any atom is 0.328 e. The minimum absolute atomic E-state index is 0.465. The molecule has 0 radical (unpaired) electrons. The first kappa shape index (κ1) is 13.6. The van der Waals surface area contributed by atoms with Crippen molar-refractivity contribution >= 4 is 29.7 Å². The SMILES string of the molecule is O=C(O)C=CC(=O)NC(=O)N1CCCSCC1. The number of nitrogens with zero attached hydrogens (tertiary/aromatic N) is 1. The maximum atomic E-state index is 11.6. The Bertz CT molecular complexity index is 335. The van der Waals surface area contributed by atoms with Gasteiger partial charge in [0.15, 0.2) is 0 Å². The Morgan fingerprint density at radius 2 is 1.94 bits per heavy atom. The number of aliphatic carboxylic acids is 1. The third kappa shape index (κ3) is 5.39. The molecule has 0 unspecified atom stereocenters. The van der Waals surface area contributed by atoms with Crippen molar-refractivity contribution < 1.29 is 19.5 Å². The first-order valence-corrected chi connectivity index (χ1v) is 6.33. The van der Waals surface area contributed by atoms with Crippen molar-refractivity contribution in [2.24, 2.45) is 0 Å². The van der Waals surface area contributed by atoms with E-state index in [1.807, 2.05) is 0 Å². The smallest absolute Gasteiger partial charge is 0.328 e. The van der Waals surface area contributed by atoms with Crippen LogP contribution in [0.2, 0.25) is 0 Å². The predicted octanol–water partition coefficient (Wildman–Crippen LogP) is 0.302. The highest BCUT2D eigenvalue weighted by Crippen LogP contribution is 2.09. The number of hydrogen-bond donors (Lipinski definition) is 2. The van der Waals surface area contributed by atoms with Crippen LogP contribution in [0.15, 0.2) is 12.2 Å². The lowest BCUT2D eigenvalue weighted by Gasteiger charge is -2.19. The van der Waals surface area contributed by atoms with Gasteiger partial charge in [0.1, 0.15) is 0 Å². The van der Waals surface area contributed by atoms with Gasteiger partial charge < -0.3 is 10.0 Å². The standard InChI is InChI=1S/C10H14N2O4S/c13-8(2-3-9(14)15)11-10(16)12-4-1-6-17-7-5-12/h2-3H,1,4-7H2,(H,14,15)(H,11,13,16). The third-order valence-corrected chi connectivity index (χ3v) is 3.17. The Labute approximate surface area is 103 Å². The number of imide groups is 1. The van der Waals surface area contributed by atoms with Crippen LogP contribution in [-0.4, -0.2) is 52.5 Å². The molecule has 0 saturated carbocycles. The highest BCUT2D eigenvalue weighted by Gasteiger charge is 2.16. The van der Waals surface area contributed by atoms with Crippen LogP contribution in [0.1, 0.15) is 6.42 Å². The summed E-state index contributed by atoms with van der Waals surface area (Å²) in [5.74, 6) is -0.0727. The van der Waals surface area contributed by atoms with Crippen LogP contribution >= 0.6 is 11.8 Å². The minimum Gasteiger partial charge on any atom is -0.478 e. The van der Waals surface area contributed by atoms with Gasteiger partial charge >= 0.3 is 12.0 Å². The van der Waals surface area contributed by atoms with Crippen LogP contribution in [0, 0.1) is 0 Å². The molecule has 1 heterocycles. The van der Waals surface area contributed by atoms with Crippen LogP contribution in [0.4, 0.5) is 4.79 Å². The molecule has 0 aliphatic carbocycles. The van der Waals surface area contributed by atoms with Crippen molar-refractivity contribution in [1.29, 1.82) is 0 Å². The van der Waals surface area contributed by atoms with Gasteiger partial charge in [-0.1, -0.05) is 0 Å². The number of carbonyl (C=O) groups is 3. The highest BCUT2D eigenvalue weighted by molar-refractivity contribution is 7.99. The van der Waals surface area contributed by atoms with Gasteiger partial charge in [0, 0.05) is 31.0 Å². The molecule has 1 fully saturated rings. The fourth-order valence-corrected chi connectivity index (χ4v) is 2.21. The van der Waals surface area contributed by atoms with E-state index in [9.17, 15) is 14.4 Å². The van der Waals surface area contributed by atoms with E-state index in [0.29, 0.717) is 19.2 Å². The summed E-state index contributed by atoms with van der Waals surface area (Å²) in [6.45, 7) is 1.22. The molecule has 3 amide bonds. The maximum absolute atomic E-state index is 11.6. The molecule has 0 atom stereocenters. The van der Waals surface area contributed by atoms with Gasteiger partial charge in [-0.3, -0.25) is 10.1 Å². The van der Waals surface area contributed by atoms with Gasteiger partial charge in [0.05, 0.1) is 0 Å². The van der Waals surface area contributed by atoms with Crippen LogP contribution in [0.25, 0.3) is 0 Å². The molecule has 94 valence electrons. The van der Waals surface area contributed by atoms with E-state index in [4.69, 9.17) is 5.11 Å². The largest absolute Gasteiger partial charge is 0.478 e. The number of rotatable bonds is 2. The molecule has 1 aliphatic rings. The summed E-state index contributed by atoms with van der Waals surface area (Å²) in [4.78, 5) is 34.5. The van der Waals surface area contributed by atoms with E-state index in [2.05, 4.69) is 5.32 Å². The van der Waals surface area contributed by atoms with Crippen LogP contribution in [0.3, 0.4) is 0 Å². The van der Waals surface area contributed by atoms with Crippen molar-refractivity contribution in [1.82, 2.24) is 10.2 Å². The number of carbonyl (C=O) groups excluding carboxylic acids is 2. The summed E-state index contributed by atoms with van der Waals surface area (Å²) < 4.78 is 0. The second kappa shape index (κ2) is 6.95. The molecule has 0 bridgehead atoms. The molecule has 0 spiro atoms. The van der Waals surface area contributed by atoms with Crippen LogP contribution < -0.4 is 5.32 Å². The monoisotopic (exact) mass is 258 g/mol. The lowest BCUT2D eigenvalue weighted by Crippen LogP contribution is -2.43. The lowest BCUT2D eigenvalue weighted by molar-refractivity contribution is -0.131. The zero-order chi connectivity index (χ0) is 12.7. The van der Waals surface area contributed by atoms with E-state index in [1.165, 1.54) is 0 Å². The lowest BCUT2D eigenvalue weighted by atomic mass is 10.4. The van der Waals surface area contributed by atoms with Gasteiger partial charge in [-0.25, -0.2) is 9.59 Å². The Balaban J connectivity index is 2.41. The molecular weight excluding hydrogens is 244 g/mol. The average Bonchev–Trinajstić information content (AvgIpc) is 2.54. The van der Waals surface area contributed by atoms with Crippen molar-refractivity contribution in [3.63, 3.8) is 0 Å². The van der Waals surface area contributed by atoms with E-state index >= 15 is 0 Å². The van der Waals surface area contributed by atoms with Crippen molar-refractivity contribution in [3.05, 3.63) is 12.2 Å². The van der Waals surface area contributed by atoms with Crippen molar-refractivity contribution in [2.45, 2.75) is 6.42 Å². The number of urea groups is 1. The van der Waals surface area contributed by atoms with E-state index < -0.39 is 17.9 Å². The number of carboxylic acids is 1. The summed E-state index contributed by atoms with van der Waals surface area (Å²) in [5, 5.41) is 10.4. The fourth-order valence-electron chi connectivity index (χ4n) is 1.32. The summed E-state index contributed by atoms with van der Waals surface area (Å²) in [5.41, 5.74) is 0. The van der Waals surface area contributed by atoms with Gasteiger partial charge in [-0.2, -0.15) is 11.8 Å². The molecule has 1 rings (SSSR count). The number of nitrogens with one attached hydrogen (secondary N) is 1. The van der Waals surface area contributed by atoms with E-state index in [0.717, 1.165) is 24.0 Å². The molecule has 0 aromatic carbocycles. The molecule has 6 nitrogen and oxygen atoms in total. The zero-order valence-electron chi connectivity index (χ0n) is 9.22. The van der Waals surface area contributed by atoms with Gasteiger partial charge in [-0.15, -0.1) is 0 Å². The first-order chi connectivity index (χ1) is 8.09. The fraction of sp³-hybridized carbons (Fsp3) is 0.500. The minimum atomic E-state index is -1.22. The van der Waals surface area contributed by atoms with Gasteiger partial charge in [0.2, 0.25) is 0 Å². The average molecular weight is 258 g/mol. The summed E-state index contributed by atoms with van der Waals surface area (Å²) in [7, 11) is 0. The number of hydrogen-bond acceptors (Lipinski definition) is 4. The third-order valence-electron chi connectivity index (χ3n) is 2.12. The topological polar surface area (TPSA) is 86.7 Å². The predicted molar refractivity (Wildman–Crippen MR) is 63.8 cm³/mol. The Kier molecular flexibility index (Phi) is 5.55. The summed E-state index contributed by atoms with van der Waals surface area (Å²) in [6.07, 6.45) is 2.42. The molecule has 7 heteroatoms. The van der Waals surface area contributed by atoms with Gasteiger partial charge in [-0.05, 0) is 12.2 Å². The molecule has 0 aromatic heterocycles. The first-order valence-electron chi connectivity index (χ1n) is 5.18. The van der Waals surface area contributed by atoms with Crippen LogP contribution in [0.5, 0.6) is 0 Å². The van der Waals surface area contributed by atoms with Crippen LogP contribution in [-0.2, 0) is 9.59 Å². The molecular formula is C10H14N2O4S. The Morgan fingerprint density at radius 1 is 1.18 bits per heavy atom. The van der Waals surface area contributed by atoms with Gasteiger partial charge in [0.25, 0.3) is 5.91 Å². The number of amides is 3. The summed E-state index contributed by atoms with van der Waals surface area (Å²) >= 11 is 1.77. The molecule has 1 saturated heterocycles. The molecule has 2 N–H and O–H groups in total. The van der Waals surface area contributed by atoms with Crippen molar-refractivity contribution in [3.8, 4) is 0 Å². The van der Waals surface area contributed by atoms with Crippen molar-refractivity contribution in [2.75, 3.05) is 24.6 Å². The number of carboxylic acid groups (broad SMARTS) is 1.